The molecular formula is C13H17BrN2O4S. The molecule has 2 N–H and O–H groups in total. The average Bonchev–Trinajstić information content (AvgIpc) is 2.82. The van der Waals surface area contributed by atoms with E-state index < -0.39 is 6.09 Å². The van der Waals surface area contributed by atoms with Gasteiger partial charge < -0.3 is 20.0 Å². The highest BCUT2D eigenvalue weighted by atomic mass is 79.9. The minimum atomic E-state index is -0.893. The average molecular weight is 377 g/mol. The third-order valence-corrected chi connectivity index (χ3v) is 5.54. The molecule has 2 rings (SSSR count). The first kappa shape index (κ1) is 16.3. The third-order valence-electron chi connectivity index (χ3n) is 3.52. The molecule has 0 unspecified atom stereocenters. The van der Waals surface area contributed by atoms with Crippen molar-refractivity contribution in [1.29, 1.82) is 0 Å². The van der Waals surface area contributed by atoms with Crippen LogP contribution in [-0.2, 0) is 11.3 Å². The molecule has 6 nitrogen and oxygen atoms in total. The highest BCUT2D eigenvalue weighted by Gasteiger charge is 2.28. The van der Waals surface area contributed by atoms with E-state index in [1.165, 1.54) is 16.2 Å². The summed E-state index contributed by atoms with van der Waals surface area (Å²) in [4.78, 5) is 14.3. The molecule has 116 valence electrons. The Labute approximate surface area is 135 Å². The molecule has 1 saturated heterocycles. The standard InChI is InChI=1S/C13H17BrN2O4S/c1-20-7-9-6-10(14)12(21-9)11(15-19)8-2-4-16(5-3-8)13(17)18/h6,8,19H,2-5,7H2,1H3,(H,17,18)/b15-11+. The van der Waals surface area contributed by atoms with Crippen LogP contribution in [-0.4, -0.2) is 47.2 Å². The number of nitrogens with zero attached hydrogens (tertiary/aromatic N) is 2. The minimum absolute atomic E-state index is 0.0657. The Kier molecular flexibility index (Phi) is 5.60. The Balaban J connectivity index is 2.12. The number of hydrogen-bond donors (Lipinski definition) is 2. The Morgan fingerprint density at radius 3 is 2.76 bits per heavy atom. The van der Waals surface area contributed by atoms with E-state index in [0.29, 0.717) is 38.2 Å². The first-order valence-corrected chi connectivity index (χ1v) is 8.15. The van der Waals surface area contributed by atoms with Gasteiger partial charge in [-0.15, -0.1) is 11.3 Å². The van der Waals surface area contributed by atoms with Crippen LogP contribution in [0.5, 0.6) is 0 Å². The smallest absolute Gasteiger partial charge is 0.407 e. The number of piperidine rings is 1. The number of oxime groups is 1. The summed E-state index contributed by atoms with van der Waals surface area (Å²) in [7, 11) is 1.63. The Hall–Kier alpha value is -1.12. The van der Waals surface area contributed by atoms with E-state index in [1.54, 1.807) is 7.11 Å². The van der Waals surface area contributed by atoms with Crippen LogP contribution < -0.4 is 0 Å². The molecule has 8 heteroatoms. The number of hydrogen-bond acceptors (Lipinski definition) is 5. The van der Waals surface area contributed by atoms with Crippen LogP contribution in [0.3, 0.4) is 0 Å². The summed E-state index contributed by atoms with van der Waals surface area (Å²) in [6.07, 6.45) is 0.432. The quantitative estimate of drug-likeness (QED) is 0.480. The van der Waals surface area contributed by atoms with Gasteiger partial charge in [-0.1, -0.05) is 5.16 Å². The normalized spacial score (nSPS) is 17.2. The van der Waals surface area contributed by atoms with Crippen LogP contribution in [0, 0.1) is 5.92 Å². The largest absolute Gasteiger partial charge is 0.465 e. The molecule has 1 aromatic rings. The maximum Gasteiger partial charge on any atom is 0.407 e. The SMILES string of the molecule is COCc1cc(Br)c(/C(=N/O)C2CCN(C(=O)O)CC2)s1. The van der Waals surface area contributed by atoms with Crippen LogP contribution in [0.2, 0.25) is 0 Å². The topological polar surface area (TPSA) is 82.4 Å². The molecule has 1 aliphatic heterocycles. The van der Waals surface area contributed by atoms with Crippen LogP contribution in [0.25, 0.3) is 0 Å². The molecule has 0 bridgehead atoms. The molecule has 1 fully saturated rings. The predicted molar refractivity (Wildman–Crippen MR) is 83.4 cm³/mol. The number of ether oxygens (including phenoxy) is 1. The Morgan fingerprint density at radius 1 is 1.57 bits per heavy atom. The van der Waals surface area contributed by atoms with Crippen molar-refractivity contribution in [2.24, 2.45) is 11.1 Å². The van der Waals surface area contributed by atoms with Crippen molar-refractivity contribution in [3.63, 3.8) is 0 Å². The number of rotatable bonds is 4. The molecule has 0 aliphatic carbocycles. The van der Waals surface area contributed by atoms with Gasteiger partial charge in [0.2, 0.25) is 0 Å². The lowest BCUT2D eigenvalue weighted by Crippen LogP contribution is -2.39. The van der Waals surface area contributed by atoms with Crippen LogP contribution >= 0.6 is 27.3 Å². The zero-order chi connectivity index (χ0) is 15.4. The van der Waals surface area contributed by atoms with Crippen molar-refractivity contribution in [2.75, 3.05) is 20.2 Å². The number of halogens is 1. The predicted octanol–water partition coefficient (Wildman–Crippen LogP) is 3.23. The van der Waals surface area contributed by atoms with Crippen molar-refractivity contribution in [3.05, 3.63) is 20.3 Å². The second-order valence-corrected chi connectivity index (χ2v) is 6.84. The zero-order valence-corrected chi connectivity index (χ0v) is 14.0. The molecule has 0 aromatic carbocycles. The highest BCUT2D eigenvalue weighted by Crippen LogP contribution is 2.33. The van der Waals surface area contributed by atoms with E-state index in [1.807, 2.05) is 6.07 Å². The van der Waals surface area contributed by atoms with Gasteiger partial charge in [0.1, 0.15) is 5.71 Å². The molecule has 1 amide bonds. The van der Waals surface area contributed by atoms with E-state index in [9.17, 15) is 10.0 Å². The van der Waals surface area contributed by atoms with Crippen molar-refractivity contribution in [2.45, 2.75) is 19.4 Å². The molecule has 0 atom stereocenters. The molecule has 0 spiro atoms. The third kappa shape index (κ3) is 3.75. The number of amides is 1. The van der Waals surface area contributed by atoms with Crippen LogP contribution in [0.1, 0.15) is 22.6 Å². The number of thiophene rings is 1. The Morgan fingerprint density at radius 2 is 2.24 bits per heavy atom. The summed E-state index contributed by atoms with van der Waals surface area (Å²) in [5.41, 5.74) is 0.624. The number of likely N-dealkylation sites (tertiary alicyclic amines) is 1. The van der Waals surface area contributed by atoms with Gasteiger partial charge in [0.15, 0.2) is 0 Å². The van der Waals surface area contributed by atoms with E-state index in [0.717, 1.165) is 14.2 Å². The maximum atomic E-state index is 10.9. The lowest BCUT2D eigenvalue weighted by Gasteiger charge is -2.30. The fourth-order valence-electron chi connectivity index (χ4n) is 2.46. The van der Waals surface area contributed by atoms with E-state index in [4.69, 9.17) is 9.84 Å². The van der Waals surface area contributed by atoms with Gasteiger partial charge in [-0.2, -0.15) is 0 Å². The summed E-state index contributed by atoms with van der Waals surface area (Å²) in [6.45, 7) is 1.44. The molecule has 21 heavy (non-hydrogen) atoms. The van der Waals surface area contributed by atoms with Crippen molar-refractivity contribution in [1.82, 2.24) is 4.90 Å². The molecule has 0 saturated carbocycles. The molecule has 2 heterocycles. The second kappa shape index (κ2) is 7.24. The van der Waals surface area contributed by atoms with Crippen LogP contribution in [0.4, 0.5) is 4.79 Å². The summed E-state index contributed by atoms with van der Waals surface area (Å²) in [5.74, 6) is 0.0657. The van der Waals surface area contributed by atoms with Crippen molar-refractivity contribution >= 4 is 39.1 Å². The van der Waals surface area contributed by atoms with Gasteiger partial charge in [0, 0.05) is 35.5 Å². The highest BCUT2D eigenvalue weighted by molar-refractivity contribution is 9.10. The van der Waals surface area contributed by atoms with Crippen molar-refractivity contribution < 1.29 is 19.8 Å². The number of methoxy groups -OCH3 is 1. The summed E-state index contributed by atoms with van der Waals surface area (Å²) < 4.78 is 5.99. The van der Waals surface area contributed by atoms with Gasteiger partial charge in [0.25, 0.3) is 0 Å². The fraction of sp³-hybridized carbons (Fsp3) is 0.538. The van der Waals surface area contributed by atoms with Gasteiger partial charge in [-0.05, 0) is 34.8 Å². The van der Waals surface area contributed by atoms with E-state index in [2.05, 4.69) is 21.1 Å². The van der Waals surface area contributed by atoms with Gasteiger partial charge >= 0.3 is 6.09 Å². The van der Waals surface area contributed by atoms with Crippen molar-refractivity contribution in [3.8, 4) is 0 Å². The van der Waals surface area contributed by atoms with E-state index in [-0.39, 0.29) is 5.92 Å². The second-order valence-electron chi connectivity index (χ2n) is 4.85. The lowest BCUT2D eigenvalue weighted by molar-refractivity contribution is 0.131. The number of carboxylic acid groups (broad SMARTS) is 1. The first-order chi connectivity index (χ1) is 10.1. The first-order valence-electron chi connectivity index (χ1n) is 6.54. The number of carbonyl (C=O) groups is 1. The summed E-state index contributed by atoms with van der Waals surface area (Å²) in [6, 6.07) is 1.96. The van der Waals surface area contributed by atoms with Gasteiger partial charge in [-0.25, -0.2) is 4.79 Å². The fourth-order valence-corrected chi connectivity index (χ4v) is 4.42. The summed E-state index contributed by atoms with van der Waals surface area (Å²) in [5, 5.41) is 21.8. The molecular weight excluding hydrogens is 360 g/mol. The van der Waals surface area contributed by atoms with Gasteiger partial charge in [0.05, 0.1) is 11.5 Å². The Bertz CT molecular complexity index is 538. The zero-order valence-electron chi connectivity index (χ0n) is 11.6. The van der Waals surface area contributed by atoms with E-state index >= 15 is 0 Å². The maximum absolute atomic E-state index is 10.9. The van der Waals surface area contributed by atoms with Gasteiger partial charge in [-0.3, -0.25) is 0 Å². The molecule has 1 aromatic heterocycles. The molecule has 1 aliphatic rings. The van der Waals surface area contributed by atoms with Crippen LogP contribution in [0.15, 0.2) is 15.7 Å². The monoisotopic (exact) mass is 376 g/mol. The molecule has 0 radical (unpaired) electrons. The summed E-state index contributed by atoms with van der Waals surface area (Å²) >= 11 is 5.01. The minimum Gasteiger partial charge on any atom is -0.465 e. The lowest BCUT2D eigenvalue weighted by atomic mass is 9.91.